The number of urea groups is 1. The topological polar surface area (TPSA) is 82.5 Å². The zero-order chi connectivity index (χ0) is 12.4. The Morgan fingerprint density at radius 1 is 1.65 bits per heavy atom. The summed E-state index contributed by atoms with van der Waals surface area (Å²) in [5.74, 6) is -0.951. The summed E-state index contributed by atoms with van der Waals surface area (Å²) < 4.78 is 0. The van der Waals surface area contributed by atoms with Crippen molar-refractivity contribution in [3.8, 4) is 0 Å². The van der Waals surface area contributed by atoms with Crippen LogP contribution in [-0.2, 0) is 4.79 Å². The fourth-order valence-electron chi connectivity index (χ4n) is 1.84. The van der Waals surface area contributed by atoms with E-state index in [0.29, 0.717) is 18.1 Å². The van der Waals surface area contributed by atoms with Crippen molar-refractivity contribution in [2.45, 2.75) is 25.8 Å². The standard InChI is InChI=1S/C10H13N3O3S/c1-6-5-11-9(17-6)12-10(16)13-4-2-3-7(13)8(14)15/h5,7H,2-4H2,1H3,(H,14,15)(H,11,12,16)/t7-/m0/s1. The van der Waals surface area contributed by atoms with Gasteiger partial charge in [-0.15, -0.1) is 11.3 Å². The second-order valence-corrected chi connectivity index (χ2v) is 5.13. The third-order valence-corrected chi connectivity index (χ3v) is 3.46. The van der Waals surface area contributed by atoms with E-state index >= 15 is 0 Å². The Morgan fingerprint density at radius 3 is 3.00 bits per heavy atom. The van der Waals surface area contributed by atoms with Gasteiger partial charge in [0.1, 0.15) is 6.04 Å². The highest BCUT2D eigenvalue weighted by atomic mass is 32.1. The van der Waals surface area contributed by atoms with Crippen molar-refractivity contribution in [1.29, 1.82) is 0 Å². The normalized spacial score (nSPS) is 19.4. The number of thiazole rings is 1. The molecule has 1 aliphatic heterocycles. The van der Waals surface area contributed by atoms with Gasteiger partial charge in [-0.25, -0.2) is 14.6 Å². The Kier molecular flexibility index (Phi) is 3.28. The van der Waals surface area contributed by atoms with Crippen LogP contribution >= 0.6 is 11.3 Å². The summed E-state index contributed by atoms with van der Waals surface area (Å²) >= 11 is 1.37. The van der Waals surface area contributed by atoms with Crippen molar-refractivity contribution in [1.82, 2.24) is 9.88 Å². The smallest absolute Gasteiger partial charge is 0.326 e. The highest BCUT2D eigenvalue weighted by Crippen LogP contribution is 2.21. The lowest BCUT2D eigenvalue weighted by molar-refractivity contribution is -0.141. The number of carbonyl (C=O) groups excluding carboxylic acids is 1. The van der Waals surface area contributed by atoms with Gasteiger partial charge in [-0.1, -0.05) is 0 Å². The number of nitrogens with zero attached hydrogens (tertiary/aromatic N) is 2. The van der Waals surface area contributed by atoms with Gasteiger partial charge in [0.15, 0.2) is 5.13 Å². The minimum absolute atomic E-state index is 0.385. The van der Waals surface area contributed by atoms with Crippen molar-refractivity contribution >= 4 is 28.5 Å². The summed E-state index contributed by atoms with van der Waals surface area (Å²) in [5.41, 5.74) is 0. The second-order valence-electron chi connectivity index (χ2n) is 3.90. The minimum Gasteiger partial charge on any atom is -0.480 e. The molecule has 2 N–H and O–H groups in total. The number of amides is 2. The lowest BCUT2D eigenvalue weighted by atomic mass is 10.2. The van der Waals surface area contributed by atoms with Crippen LogP contribution in [0.5, 0.6) is 0 Å². The number of likely N-dealkylation sites (tertiary alicyclic amines) is 1. The van der Waals surface area contributed by atoms with Gasteiger partial charge in [-0.3, -0.25) is 5.32 Å². The summed E-state index contributed by atoms with van der Waals surface area (Å²) in [6.07, 6.45) is 2.90. The van der Waals surface area contributed by atoms with Crippen LogP contribution in [0.25, 0.3) is 0 Å². The number of hydrogen-bond acceptors (Lipinski definition) is 4. The average Bonchev–Trinajstić information content (AvgIpc) is 2.86. The largest absolute Gasteiger partial charge is 0.480 e. The highest BCUT2D eigenvalue weighted by Gasteiger charge is 2.34. The van der Waals surface area contributed by atoms with E-state index in [1.54, 1.807) is 6.20 Å². The van der Waals surface area contributed by atoms with Gasteiger partial charge in [0.05, 0.1) is 0 Å². The molecule has 0 aliphatic carbocycles. The lowest BCUT2D eigenvalue weighted by Crippen LogP contribution is -2.42. The number of carboxylic acids is 1. The first-order valence-corrected chi connectivity index (χ1v) is 6.12. The van der Waals surface area contributed by atoms with Crippen LogP contribution in [-0.4, -0.2) is 39.6 Å². The second kappa shape index (κ2) is 4.70. The molecule has 0 unspecified atom stereocenters. The molecular formula is C10H13N3O3S. The zero-order valence-corrected chi connectivity index (χ0v) is 10.2. The van der Waals surface area contributed by atoms with Gasteiger partial charge < -0.3 is 10.0 Å². The van der Waals surface area contributed by atoms with Gasteiger partial charge in [-0.05, 0) is 19.8 Å². The lowest BCUT2D eigenvalue weighted by Gasteiger charge is -2.20. The molecule has 2 rings (SSSR count). The van der Waals surface area contributed by atoms with Crippen LogP contribution in [0.4, 0.5) is 9.93 Å². The molecule has 1 aliphatic rings. The Labute approximate surface area is 102 Å². The fourth-order valence-corrected chi connectivity index (χ4v) is 2.50. The van der Waals surface area contributed by atoms with Crippen LogP contribution in [0.3, 0.4) is 0 Å². The van der Waals surface area contributed by atoms with E-state index in [2.05, 4.69) is 10.3 Å². The number of aromatic nitrogens is 1. The maximum absolute atomic E-state index is 11.9. The first-order chi connectivity index (χ1) is 8.08. The summed E-state index contributed by atoms with van der Waals surface area (Å²) in [6, 6.07) is -1.10. The Morgan fingerprint density at radius 2 is 2.41 bits per heavy atom. The summed E-state index contributed by atoms with van der Waals surface area (Å²) in [6.45, 7) is 2.37. The number of carboxylic acid groups (broad SMARTS) is 1. The van der Waals surface area contributed by atoms with Gasteiger partial charge in [0, 0.05) is 17.6 Å². The predicted molar refractivity (Wildman–Crippen MR) is 63.2 cm³/mol. The van der Waals surface area contributed by atoms with E-state index in [4.69, 9.17) is 5.11 Å². The van der Waals surface area contributed by atoms with Gasteiger partial charge in [0.25, 0.3) is 0 Å². The summed E-state index contributed by atoms with van der Waals surface area (Å²) in [5, 5.41) is 12.1. The van der Waals surface area contributed by atoms with E-state index in [1.807, 2.05) is 6.92 Å². The van der Waals surface area contributed by atoms with Crippen LogP contribution in [0.2, 0.25) is 0 Å². The van der Waals surface area contributed by atoms with Crippen LogP contribution in [0.15, 0.2) is 6.20 Å². The number of aryl methyl sites for hydroxylation is 1. The number of carbonyl (C=O) groups is 2. The SMILES string of the molecule is Cc1cnc(NC(=O)N2CCC[C@H]2C(=O)O)s1. The maximum Gasteiger partial charge on any atom is 0.326 e. The summed E-state index contributed by atoms with van der Waals surface area (Å²) in [4.78, 5) is 29.1. The Balaban J connectivity index is 2.02. The molecule has 0 bridgehead atoms. The molecule has 1 atom stereocenters. The van der Waals surface area contributed by atoms with Gasteiger partial charge in [0.2, 0.25) is 0 Å². The van der Waals surface area contributed by atoms with Crippen LogP contribution in [0.1, 0.15) is 17.7 Å². The molecule has 0 saturated carbocycles. The van der Waals surface area contributed by atoms with Crippen molar-refractivity contribution in [3.63, 3.8) is 0 Å². The molecule has 1 aromatic heterocycles. The quantitative estimate of drug-likeness (QED) is 0.839. The first-order valence-electron chi connectivity index (χ1n) is 5.31. The molecule has 92 valence electrons. The van der Waals surface area contributed by atoms with Crippen molar-refractivity contribution < 1.29 is 14.7 Å². The van der Waals surface area contributed by atoms with E-state index in [1.165, 1.54) is 16.2 Å². The van der Waals surface area contributed by atoms with Crippen molar-refractivity contribution in [2.75, 3.05) is 11.9 Å². The molecule has 2 heterocycles. The monoisotopic (exact) mass is 255 g/mol. The third-order valence-electron chi connectivity index (χ3n) is 2.63. The van der Waals surface area contributed by atoms with E-state index in [9.17, 15) is 9.59 Å². The molecule has 6 nitrogen and oxygen atoms in total. The maximum atomic E-state index is 11.9. The van der Waals surface area contributed by atoms with Gasteiger partial charge >= 0.3 is 12.0 Å². The molecule has 0 radical (unpaired) electrons. The van der Waals surface area contributed by atoms with E-state index < -0.39 is 12.0 Å². The average molecular weight is 255 g/mol. The van der Waals surface area contributed by atoms with Gasteiger partial charge in [-0.2, -0.15) is 0 Å². The number of hydrogen-bond donors (Lipinski definition) is 2. The molecule has 1 saturated heterocycles. The molecule has 2 amide bonds. The summed E-state index contributed by atoms with van der Waals surface area (Å²) in [7, 11) is 0. The van der Waals surface area contributed by atoms with E-state index in [-0.39, 0.29) is 6.03 Å². The minimum atomic E-state index is -0.951. The molecule has 17 heavy (non-hydrogen) atoms. The van der Waals surface area contributed by atoms with Crippen molar-refractivity contribution in [3.05, 3.63) is 11.1 Å². The first kappa shape index (κ1) is 11.8. The number of anilines is 1. The third kappa shape index (κ3) is 2.55. The number of aliphatic carboxylic acids is 1. The molecule has 1 aromatic rings. The molecule has 0 spiro atoms. The Hall–Kier alpha value is -1.63. The predicted octanol–water partition coefficient (Wildman–Crippen LogP) is 1.53. The van der Waals surface area contributed by atoms with Crippen LogP contribution in [0, 0.1) is 6.92 Å². The molecule has 7 heteroatoms. The Bertz CT molecular complexity index is 446. The van der Waals surface area contributed by atoms with Crippen molar-refractivity contribution in [2.24, 2.45) is 0 Å². The fraction of sp³-hybridized carbons (Fsp3) is 0.500. The molecular weight excluding hydrogens is 242 g/mol. The molecule has 1 fully saturated rings. The highest BCUT2D eigenvalue weighted by molar-refractivity contribution is 7.15. The molecule has 0 aromatic carbocycles. The van der Waals surface area contributed by atoms with Crippen LogP contribution < -0.4 is 5.32 Å². The number of nitrogens with one attached hydrogen (secondary N) is 1. The zero-order valence-electron chi connectivity index (χ0n) is 9.34. The van der Waals surface area contributed by atoms with E-state index in [0.717, 1.165) is 11.3 Å². The number of rotatable bonds is 2.